The molecular formula is C16H18BrNO2. The number of allylic oxidation sites excluding steroid dienone is 5. The molecule has 0 N–H and O–H groups in total. The second-order valence-electron chi connectivity index (χ2n) is 4.90. The van der Waals surface area contributed by atoms with Gasteiger partial charge in [-0.3, -0.25) is 10.1 Å². The highest BCUT2D eigenvalue weighted by Gasteiger charge is 2.27. The van der Waals surface area contributed by atoms with E-state index in [1.165, 1.54) is 12.1 Å². The molecule has 0 saturated heterocycles. The molecule has 1 aromatic carbocycles. The normalized spacial score (nSPS) is 12.7. The fraction of sp³-hybridized carbons (Fsp3) is 0.250. The quantitative estimate of drug-likeness (QED) is 0.415. The van der Waals surface area contributed by atoms with Gasteiger partial charge in [-0.1, -0.05) is 66.7 Å². The Kier molecular flexibility index (Phi) is 5.45. The van der Waals surface area contributed by atoms with Crippen LogP contribution in [-0.4, -0.2) is 4.92 Å². The van der Waals surface area contributed by atoms with Crippen LogP contribution in [0.1, 0.15) is 26.3 Å². The maximum absolute atomic E-state index is 10.8. The topological polar surface area (TPSA) is 43.1 Å². The molecule has 0 aliphatic heterocycles. The number of nitrogens with zero attached hydrogens (tertiary/aromatic N) is 1. The van der Waals surface area contributed by atoms with Crippen LogP contribution in [0, 0.1) is 10.1 Å². The Morgan fingerprint density at radius 1 is 1.45 bits per heavy atom. The van der Waals surface area contributed by atoms with E-state index in [1.54, 1.807) is 12.1 Å². The SMILES string of the molecule is C=C/C=C(\C=C/C)C(C)(C)c1ccc([N+](=O)[O-])cc1Br. The number of hydrogen-bond donors (Lipinski definition) is 0. The molecule has 0 atom stereocenters. The zero-order valence-corrected chi connectivity index (χ0v) is 13.5. The van der Waals surface area contributed by atoms with Crippen LogP contribution in [0.15, 0.2) is 59.1 Å². The van der Waals surface area contributed by atoms with Crippen LogP contribution in [0.5, 0.6) is 0 Å². The van der Waals surface area contributed by atoms with Gasteiger partial charge in [-0.15, -0.1) is 0 Å². The van der Waals surface area contributed by atoms with Crippen LogP contribution in [0.3, 0.4) is 0 Å². The lowest BCUT2D eigenvalue weighted by Gasteiger charge is -2.28. The van der Waals surface area contributed by atoms with Gasteiger partial charge in [-0.05, 0) is 18.1 Å². The van der Waals surface area contributed by atoms with Crippen molar-refractivity contribution >= 4 is 21.6 Å². The summed E-state index contributed by atoms with van der Waals surface area (Å²) < 4.78 is 0.733. The molecule has 0 aromatic heterocycles. The summed E-state index contributed by atoms with van der Waals surface area (Å²) in [6.45, 7) is 9.85. The first-order valence-electron chi connectivity index (χ1n) is 6.25. The van der Waals surface area contributed by atoms with Gasteiger partial charge in [-0.2, -0.15) is 0 Å². The number of non-ortho nitro benzene ring substituents is 1. The number of hydrogen-bond acceptors (Lipinski definition) is 2. The molecule has 0 spiro atoms. The zero-order valence-electron chi connectivity index (χ0n) is 11.9. The summed E-state index contributed by atoms with van der Waals surface area (Å²) in [6.07, 6.45) is 7.69. The smallest absolute Gasteiger partial charge is 0.258 e. The standard InChI is InChI=1S/C16H18BrNO2/c1-5-7-12(8-6-2)16(3,4)14-10-9-13(18(19)20)11-15(14)17/h5-11H,1H2,2-4H3/b8-6-,12-7+. The third-order valence-electron chi connectivity index (χ3n) is 3.20. The van der Waals surface area contributed by atoms with Crippen molar-refractivity contribution in [2.75, 3.05) is 0 Å². The van der Waals surface area contributed by atoms with Gasteiger partial charge in [0.2, 0.25) is 0 Å². The van der Waals surface area contributed by atoms with Gasteiger partial charge in [0, 0.05) is 22.0 Å². The highest BCUT2D eigenvalue weighted by molar-refractivity contribution is 9.10. The van der Waals surface area contributed by atoms with E-state index in [1.807, 2.05) is 25.2 Å². The summed E-state index contributed by atoms with van der Waals surface area (Å²) in [5.41, 5.74) is 1.88. The van der Waals surface area contributed by atoms with Crippen LogP contribution in [0.2, 0.25) is 0 Å². The van der Waals surface area contributed by atoms with E-state index in [0.717, 1.165) is 15.6 Å². The molecule has 0 fully saturated rings. The first kappa shape index (κ1) is 16.4. The van der Waals surface area contributed by atoms with Crippen molar-refractivity contribution in [2.45, 2.75) is 26.2 Å². The molecule has 4 heteroatoms. The second-order valence-corrected chi connectivity index (χ2v) is 5.76. The van der Waals surface area contributed by atoms with E-state index < -0.39 is 4.92 Å². The number of rotatable bonds is 5. The number of nitro groups is 1. The van der Waals surface area contributed by atoms with Gasteiger partial charge < -0.3 is 0 Å². The lowest BCUT2D eigenvalue weighted by Crippen LogP contribution is -2.20. The molecular weight excluding hydrogens is 318 g/mol. The minimum atomic E-state index is -0.395. The van der Waals surface area contributed by atoms with Gasteiger partial charge in [-0.25, -0.2) is 0 Å². The summed E-state index contributed by atoms with van der Waals surface area (Å²) in [5, 5.41) is 10.8. The van der Waals surface area contributed by atoms with Crippen LogP contribution < -0.4 is 0 Å². The predicted octanol–water partition coefficient (Wildman–Crippen LogP) is 5.32. The minimum Gasteiger partial charge on any atom is -0.258 e. The fourth-order valence-corrected chi connectivity index (χ4v) is 2.92. The van der Waals surface area contributed by atoms with Gasteiger partial charge in [0.05, 0.1) is 4.92 Å². The molecule has 0 heterocycles. The van der Waals surface area contributed by atoms with Crippen molar-refractivity contribution in [3.05, 3.63) is 74.8 Å². The van der Waals surface area contributed by atoms with Gasteiger partial charge >= 0.3 is 0 Å². The van der Waals surface area contributed by atoms with Gasteiger partial charge in [0.25, 0.3) is 5.69 Å². The van der Waals surface area contributed by atoms with Crippen LogP contribution in [0.4, 0.5) is 5.69 Å². The van der Waals surface area contributed by atoms with Gasteiger partial charge in [0.15, 0.2) is 0 Å². The Morgan fingerprint density at radius 2 is 2.10 bits per heavy atom. The second kappa shape index (κ2) is 6.66. The zero-order chi connectivity index (χ0) is 15.3. The Bertz CT molecular complexity index is 586. The molecule has 0 aliphatic carbocycles. The Balaban J connectivity index is 3.37. The molecule has 1 aromatic rings. The van der Waals surface area contributed by atoms with Crippen molar-refractivity contribution in [1.82, 2.24) is 0 Å². The Hall–Kier alpha value is -1.68. The Morgan fingerprint density at radius 3 is 2.55 bits per heavy atom. The molecule has 0 amide bonds. The van der Waals surface area contributed by atoms with Crippen LogP contribution >= 0.6 is 15.9 Å². The lowest BCUT2D eigenvalue weighted by molar-refractivity contribution is -0.384. The van der Waals surface area contributed by atoms with Crippen molar-refractivity contribution in [3.8, 4) is 0 Å². The first-order chi connectivity index (χ1) is 9.34. The first-order valence-corrected chi connectivity index (χ1v) is 7.04. The molecule has 0 saturated carbocycles. The van der Waals surface area contributed by atoms with E-state index >= 15 is 0 Å². The summed E-state index contributed by atoms with van der Waals surface area (Å²) in [4.78, 5) is 10.4. The molecule has 0 unspecified atom stereocenters. The van der Waals surface area contributed by atoms with Gasteiger partial charge in [0.1, 0.15) is 0 Å². The number of halogens is 1. The van der Waals surface area contributed by atoms with E-state index in [0.29, 0.717) is 0 Å². The molecule has 20 heavy (non-hydrogen) atoms. The summed E-state index contributed by atoms with van der Waals surface area (Å²) in [6, 6.07) is 4.87. The Labute approximate surface area is 128 Å². The van der Waals surface area contributed by atoms with Crippen molar-refractivity contribution < 1.29 is 4.92 Å². The molecule has 0 aliphatic rings. The maximum Gasteiger partial charge on any atom is 0.270 e. The summed E-state index contributed by atoms with van der Waals surface area (Å²) in [5.74, 6) is 0. The molecule has 3 nitrogen and oxygen atoms in total. The van der Waals surface area contributed by atoms with E-state index in [9.17, 15) is 10.1 Å². The molecule has 106 valence electrons. The fourth-order valence-electron chi connectivity index (χ4n) is 2.06. The van der Waals surface area contributed by atoms with Crippen LogP contribution in [0.25, 0.3) is 0 Å². The minimum absolute atomic E-state index is 0.0803. The predicted molar refractivity (Wildman–Crippen MR) is 86.9 cm³/mol. The number of benzene rings is 1. The summed E-state index contributed by atoms with van der Waals surface area (Å²) in [7, 11) is 0. The largest absolute Gasteiger partial charge is 0.270 e. The van der Waals surface area contributed by atoms with E-state index in [2.05, 4.69) is 36.4 Å². The summed E-state index contributed by atoms with van der Waals surface area (Å²) >= 11 is 3.44. The van der Waals surface area contributed by atoms with Crippen molar-refractivity contribution in [1.29, 1.82) is 0 Å². The average Bonchev–Trinajstić information content (AvgIpc) is 2.37. The highest BCUT2D eigenvalue weighted by Crippen LogP contribution is 2.38. The van der Waals surface area contributed by atoms with E-state index in [4.69, 9.17) is 0 Å². The highest BCUT2D eigenvalue weighted by atomic mass is 79.9. The van der Waals surface area contributed by atoms with Crippen LogP contribution in [-0.2, 0) is 5.41 Å². The molecule has 1 rings (SSSR count). The maximum atomic E-state index is 10.8. The average molecular weight is 336 g/mol. The monoisotopic (exact) mass is 335 g/mol. The third kappa shape index (κ3) is 3.45. The van der Waals surface area contributed by atoms with E-state index in [-0.39, 0.29) is 11.1 Å². The number of nitro benzene ring substituents is 1. The molecule has 0 radical (unpaired) electrons. The molecule has 0 bridgehead atoms. The third-order valence-corrected chi connectivity index (χ3v) is 3.86. The lowest BCUT2D eigenvalue weighted by atomic mass is 9.77. The van der Waals surface area contributed by atoms with Crippen molar-refractivity contribution in [2.24, 2.45) is 0 Å². The van der Waals surface area contributed by atoms with Crippen molar-refractivity contribution in [3.63, 3.8) is 0 Å².